The zero-order valence-corrected chi connectivity index (χ0v) is 11.6. The SMILES string of the molecule is Nc1nc2c(ncn2[C@@H]2O[C@H](CO)C3(CC3(F)F)[C@H]2O)c(=O)[nH]1. The highest BCUT2D eigenvalue weighted by Gasteiger charge is 2.82. The van der Waals surface area contributed by atoms with E-state index in [-0.39, 0.29) is 17.1 Å². The number of hydrogen-bond donors (Lipinski definition) is 4. The standard InChI is InChI=1S/C12H13F2N5O4/c13-12(14)2-11(12)4(1-20)23-9(6(11)21)19-3-16-5-7(19)17-10(15)18-8(5)22/h3-4,6,9,20-21H,1-2H2,(H3,15,17,18,22)/t4-,6+,9-,11?/m1/s1. The number of halogens is 2. The zero-order chi connectivity index (χ0) is 16.6. The molecule has 1 aliphatic carbocycles. The van der Waals surface area contributed by atoms with E-state index < -0.39 is 48.4 Å². The highest BCUT2D eigenvalue weighted by molar-refractivity contribution is 5.70. The Balaban J connectivity index is 1.82. The van der Waals surface area contributed by atoms with Gasteiger partial charge in [0.1, 0.15) is 6.10 Å². The molecule has 0 bridgehead atoms. The van der Waals surface area contributed by atoms with Gasteiger partial charge in [0.15, 0.2) is 17.4 Å². The molecule has 2 fully saturated rings. The molecule has 1 aliphatic heterocycles. The van der Waals surface area contributed by atoms with E-state index in [1.165, 1.54) is 4.57 Å². The lowest BCUT2D eigenvalue weighted by Gasteiger charge is -2.18. The Bertz CT molecular complexity index is 852. The summed E-state index contributed by atoms with van der Waals surface area (Å²) < 4.78 is 34.1. The normalized spacial score (nSPS) is 35.2. The largest absolute Gasteiger partial charge is 0.394 e. The fourth-order valence-electron chi connectivity index (χ4n) is 3.36. The van der Waals surface area contributed by atoms with Crippen LogP contribution in [0.2, 0.25) is 0 Å². The third-order valence-corrected chi connectivity index (χ3v) is 4.64. The predicted octanol–water partition coefficient (Wildman–Crippen LogP) is -1.02. The fourth-order valence-corrected chi connectivity index (χ4v) is 3.36. The van der Waals surface area contributed by atoms with E-state index in [9.17, 15) is 23.8 Å². The number of nitrogens with one attached hydrogen (secondary N) is 1. The number of aromatic nitrogens is 4. The van der Waals surface area contributed by atoms with Crippen LogP contribution in [0.1, 0.15) is 12.6 Å². The zero-order valence-electron chi connectivity index (χ0n) is 11.6. The Morgan fingerprint density at radius 1 is 1.57 bits per heavy atom. The van der Waals surface area contributed by atoms with Crippen LogP contribution in [0.5, 0.6) is 0 Å². The van der Waals surface area contributed by atoms with Crippen LogP contribution >= 0.6 is 0 Å². The van der Waals surface area contributed by atoms with Gasteiger partial charge in [0.2, 0.25) is 5.95 Å². The van der Waals surface area contributed by atoms with E-state index in [0.29, 0.717) is 0 Å². The molecule has 2 aromatic heterocycles. The number of aliphatic hydroxyl groups excluding tert-OH is 2. The summed E-state index contributed by atoms with van der Waals surface area (Å²) in [7, 11) is 0. The van der Waals surface area contributed by atoms with Crippen molar-refractivity contribution in [2.45, 2.75) is 30.8 Å². The van der Waals surface area contributed by atoms with E-state index in [4.69, 9.17) is 10.5 Å². The van der Waals surface area contributed by atoms with Crippen molar-refractivity contribution in [1.82, 2.24) is 19.5 Å². The fraction of sp³-hybridized carbons (Fsp3) is 0.583. The number of aromatic amines is 1. The number of nitrogen functional groups attached to an aromatic ring is 1. The van der Waals surface area contributed by atoms with Gasteiger partial charge in [-0.1, -0.05) is 0 Å². The summed E-state index contributed by atoms with van der Waals surface area (Å²) in [6.07, 6.45) is -3.48. The first-order valence-electron chi connectivity index (χ1n) is 6.86. The van der Waals surface area contributed by atoms with E-state index >= 15 is 0 Å². The molecule has 4 rings (SSSR count). The van der Waals surface area contributed by atoms with Crippen LogP contribution in [0.3, 0.4) is 0 Å². The Hall–Kier alpha value is -2.11. The van der Waals surface area contributed by atoms with E-state index in [0.717, 1.165) is 6.33 Å². The van der Waals surface area contributed by atoms with Gasteiger partial charge in [-0.2, -0.15) is 4.98 Å². The Morgan fingerprint density at radius 2 is 2.26 bits per heavy atom. The Kier molecular flexibility index (Phi) is 2.67. The smallest absolute Gasteiger partial charge is 0.280 e. The maximum Gasteiger partial charge on any atom is 0.280 e. The summed E-state index contributed by atoms with van der Waals surface area (Å²) >= 11 is 0. The Morgan fingerprint density at radius 3 is 2.83 bits per heavy atom. The molecule has 2 aromatic rings. The summed E-state index contributed by atoms with van der Waals surface area (Å²) in [5.41, 5.74) is 3.00. The van der Waals surface area contributed by atoms with Crippen LogP contribution < -0.4 is 11.3 Å². The van der Waals surface area contributed by atoms with Gasteiger partial charge in [-0.3, -0.25) is 14.3 Å². The van der Waals surface area contributed by atoms with E-state index in [1.54, 1.807) is 0 Å². The van der Waals surface area contributed by atoms with Gasteiger partial charge in [-0.05, 0) is 0 Å². The van der Waals surface area contributed by atoms with Crippen LogP contribution in [0.15, 0.2) is 11.1 Å². The number of nitrogens with two attached hydrogens (primary N) is 1. The number of nitrogens with zero attached hydrogens (tertiary/aromatic N) is 3. The second kappa shape index (κ2) is 4.24. The number of H-pyrrole nitrogens is 1. The molecular weight excluding hydrogens is 316 g/mol. The van der Waals surface area contributed by atoms with Gasteiger partial charge in [0.25, 0.3) is 11.5 Å². The molecule has 23 heavy (non-hydrogen) atoms. The molecule has 5 N–H and O–H groups in total. The molecule has 1 spiro atoms. The van der Waals surface area contributed by atoms with Gasteiger partial charge in [-0.25, -0.2) is 13.8 Å². The topological polar surface area (TPSA) is 139 Å². The molecule has 1 saturated heterocycles. The summed E-state index contributed by atoms with van der Waals surface area (Å²) in [5, 5.41) is 19.7. The van der Waals surface area contributed by atoms with Crippen molar-refractivity contribution in [2.24, 2.45) is 5.41 Å². The van der Waals surface area contributed by atoms with Gasteiger partial charge >= 0.3 is 0 Å². The van der Waals surface area contributed by atoms with Crippen molar-refractivity contribution in [3.8, 4) is 0 Å². The number of anilines is 1. The van der Waals surface area contributed by atoms with Crippen molar-refractivity contribution in [1.29, 1.82) is 0 Å². The highest BCUT2D eigenvalue weighted by atomic mass is 19.3. The highest BCUT2D eigenvalue weighted by Crippen LogP contribution is 2.70. The second-order valence-electron chi connectivity index (χ2n) is 5.84. The lowest BCUT2D eigenvalue weighted by Crippen LogP contribution is -2.35. The van der Waals surface area contributed by atoms with Crippen molar-refractivity contribution in [3.05, 3.63) is 16.7 Å². The molecule has 124 valence electrons. The first kappa shape index (κ1) is 14.5. The summed E-state index contributed by atoms with van der Waals surface area (Å²) in [4.78, 5) is 21.8. The number of imidazole rings is 1. The first-order valence-corrected chi connectivity index (χ1v) is 6.86. The average molecular weight is 329 g/mol. The lowest BCUT2D eigenvalue weighted by atomic mass is 9.94. The summed E-state index contributed by atoms with van der Waals surface area (Å²) in [5.74, 6) is -3.31. The molecule has 0 aromatic carbocycles. The number of rotatable bonds is 2. The quantitative estimate of drug-likeness (QED) is 0.553. The minimum absolute atomic E-state index is 0.00741. The number of hydrogen-bond acceptors (Lipinski definition) is 7. The van der Waals surface area contributed by atoms with Crippen LogP contribution in [-0.2, 0) is 4.74 Å². The molecule has 1 saturated carbocycles. The van der Waals surface area contributed by atoms with Crippen molar-refractivity contribution in [2.75, 3.05) is 12.3 Å². The first-order chi connectivity index (χ1) is 10.8. The monoisotopic (exact) mass is 329 g/mol. The van der Waals surface area contributed by atoms with E-state index in [2.05, 4.69) is 15.0 Å². The molecule has 0 radical (unpaired) electrons. The summed E-state index contributed by atoms with van der Waals surface area (Å²) in [6, 6.07) is 0. The molecular formula is C12H13F2N5O4. The van der Waals surface area contributed by atoms with Crippen molar-refractivity contribution < 1.29 is 23.7 Å². The number of fused-ring (bicyclic) bond motifs is 1. The maximum absolute atomic E-state index is 13.8. The van der Waals surface area contributed by atoms with Crippen molar-refractivity contribution >= 4 is 17.1 Å². The minimum atomic E-state index is -3.13. The Labute approximate surface area is 126 Å². The minimum Gasteiger partial charge on any atom is -0.394 e. The van der Waals surface area contributed by atoms with Crippen LogP contribution in [0.4, 0.5) is 14.7 Å². The molecule has 4 atom stereocenters. The van der Waals surface area contributed by atoms with Crippen LogP contribution in [0.25, 0.3) is 11.2 Å². The van der Waals surface area contributed by atoms with Crippen molar-refractivity contribution in [3.63, 3.8) is 0 Å². The predicted molar refractivity (Wildman–Crippen MR) is 71.6 cm³/mol. The average Bonchev–Trinajstić information content (AvgIpc) is 2.78. The molecule has 0 amide bonds. The third-order valence-electron chi connectivity index (χ3n) is 4.64. The molecule has 9 nitrogen and oxygen atoms in total. The third kappa shape index (κ3) is 1.66. The number of aliphatic hydroxyl groups is 2. The summed E-state index contributed by atoms with van der Waals surface area (Å²) in [6.45, 7) is -0.661. The van der Waals surface area contributed by atoms with E-state index in [1.807, 2.05) is 0 Å². The second-order valence-corrected chi connectivity index (χ2v) is 5.84. The van der Waals surface area contributed by atoms with Crippen LogP contribution in [-0.4, -0.2) is 54.5 Å². The molecule has 1 unspecified atom stereocenters. The number of alkyl halides is 2. The van der Waals surface area contributed by atoms with Crippen LogP contribution in [0, 0.1) is 5.41 Å². The van der Waals surface area contributed by atoms with Gasteiger partial charge in [-0.15, -0.1) is 0 Å². The molecule has 3 heterocycles. The van der Waals surface area contributed by atoms with Gasteiger partial charge in [0, 0.05) is 6.42 Å². The molecule has 2 aliphatic rings. The lowest BCUT2D eigenvalue weighted by molar-refractivity contribution is -0.0525. The van der Waals surface area contributed by atoms with Gasteiger partial charge < -0.3 is 20.7 Å². The maximum atomic E-state index is 13.8. The number of ether oxygens (including phenoxy) is 1. The molecule has 11 heteroatoms. The van der Waals surface area contributed by atoms with Gasteiger partial charge in [0.05, 0.1) is 24.5 Å².